The van der Waals surface area contributed by atoms with Crippen LogP contribution in [0.2, 0.25) is 0 Å². The maximum absolute atomic E-state index is 12.9. The maximum atomic E-state index is 12.9. The Morgan fingerprint density at radius 3 is 3.00 bits per heavy atom. The van der Waals surface area contributed by atoms with Crippen LogP contribution < -0.4 is 5.32 Å². The summed E-state index contributed by atoms with van der Waals surface area (Å²) in [6.45, 7) is 0.417. The number of nitrogens with zero attached hydrogens (tertiary/aromatic N) is 1. The predicted octanol–water partition coefficient (Wildman–Crippen LogP) is 1.75. The zero-order valence-corrected chi connectivity index (χ0v) is 11.0. The molecule has 0 saturated carbocycles. The quantitative estimate of drug-likeness (QED) is 0.815. The van der Waals surface area contributed by atoms with Gasteiger partial charge < -0.3 is 10.1 Å². The molecule has 94 valence electrons. The number of carbonyl (C=O) groups is 1. The third-order valence-corrected chi connectivity index (χ3v) is 2.59. The van der Waals surface area contributed by atoms with Crippen molar-refractivity contribution in [2.24, 2.45) is 0 Å². The minimum absolute atomic E-state index is 0.102. The van der Waals surface area contributed by atoms with Gasteiger partial charge >= 0.3 is 0 Å². The van der Waals surface area contributed by atoms with Crippen LogP contribution in [0, 0.1) is 5.82 Å². The monoisotopic (exact) mass is 304 g/mol. The average Bonchev–Trinajstić information content (AvgIpc) is 2.29. The smallest absolute Gasteiger partial charge is 0.253 e. The molecule has 1 atom stereocenters. The Balaban J connectivity index is 2.63. The van der Waals surface area contributed by atoms with Crippen LogP contribution in [0.25, 0.3) is 0 Å². The summed E-state index contributed by atoms with van der Waals surface area (Å²) in [5, 5.41) is 3.51. The first-order valence-electron chi connectivity index (χ1n) is 5.13. The van der Waals surface area contributed by atoms with E-state index >= 15 is 0 Å². The molecular formula is C11H14BrFN2O2. The Morgan fingerprint density at radius 1 is 1.65 bits per heavy atom. The van der Waals surface area contributed by atoms with Crippen molar-refractivity contribution in [2.75, 3.05) is 19.0 Å². The molecule has 0 radical (unpaired) electrons. The summed E-state index contributed by atoms with van der Waals surface area (Å²) < 4.78 is 17.9. The second-order valence-electron chi connectivity index (χ2n) is 3.50. The van der Waals surface area contributed by atoms with Crippen LogP contribution in [0.4, 0.5) is 4.39 Å². The standard InChI is InChI=1S/C11H14BrFN2O2/c1-17-7-10(2-3-12)15-11(16)8-4-9(13)6-14-5-8/h4-6,10H,2-3,7H2,1H3,(H,15,16). The third-order valence-electron chi connectivity index (χ3n) is 2.13. The number of hydrogen-bond acceptors (Lipinski definition) is 3. The highest BCUT2D eigenvalue weighted by Gasteiger charge is 2.13. The maximum Gasteiger partial charge on any atom is 0.253 e. The number of ether oxygens (including phenoxy) is 1. The topological polar surface area (TPSA) is 51.2 Å². The molecule has 1 heterocycles. The van der Waals surface area contributed by atoms with Gasteiger partial charge in [-0.3, -0.25) is 9.78 Å². The largest absolute Gasteiger partial charge is 0.383 e. The molecule has 0 aromatic carbocycles. The summed E-state index contributed by atoms with van der Waals surface area (Å²) >= 11 is 3.30. The lowest BCUT2D eigenvalue weighted by molar-refractivity contribution is 0.0894. The van der Waals surface area contributed by atoms with Gasteiger partial charge in [-0.15, -0.1) is 0 Å². The Labute approximate surface area is 108 Å². The van der Waals surface area contributed by atoms with Gasteiger partial charge in [-0.05, 0) is 12.5 Å². The number of hydrogen-bond donors (Lipinski definition) is 1. The van der Waals surface area contributed by atoms with Crippen LogP contribution in [0.1, 0.15) is 16.8 Å². The first-order valence-corrected chi connectivity index (χ1v) is 6.26. The van der Waals surface area contributed by atoms with E-state index in [0.29, 0.717) is 6.61 Å². The van der Waals surface area contributed by atoms with E-state index < -0.39 is 5.82 Å². The lowest BCUT2D eigenvalue weighted by atomic mass is 10.2. The van der Waals surface area contributed by atoms with Gasteiger partial charge in [0.1, 0.15) is 5.82 Å². The van der Waals surface area contributed by atoms with E-state index in [4.69, 9.17) is 4.74 Å². The molecule has 0 aliphatic heterocycles. The molecule has 1 unspecified atom stereocenters. The molecule has 0 saturated heterocycles. The van der Waals surface area contributed by atoms with Crippen molar-refractivity contribution in [1.82, 2.24) is 10.3 Å². The van der Waals surface area contributed by atoms with Crippen molar-refractivity contribution >= 4 is 21.8 Å². The van der Waals surface area contributed by atoms with Crippen molar-refractivity contribution in [1.29, 1.82) is 0 Å². The molecule has 1 N–H and O–H groups in total. The summed E-state index contributed by atoms with van der Waals surface area (Å²) in [5.41, 5.74) is 0.209. The van der Waals surface area contributed by atoms with E-state index in [2.05, 4.69) is 26.2 Å². The highest BCUT2D eigenvalue weighted by Crippen LogP contribution is 2.03. The van der Waals surface area contributed by atoms with Crippen molar-refractivity contribution in [2.45, 2.75) is 12.5 Å². The molecule has 1 amide bonds. The summed E-state index contributed by atoms with van der Waals surface area (Å²) in [6.07, 6.45) is 3.13. The first-order chi connectivity index (χ1) is 8.17. The van der Waals surface area contributed by atoms with E-state index in [1.54, 1.807) is 7.11 Å². The predicted molar refractivity (Wildman–Crippen MR) is 65.7 cm³/mol. The molecule has 1 aromatic heterocycles. The molecule has 0 aliphatic rings. The van der Waals surface area contributed by atoms with Crippen molar-refractivity contribution in [3.8, 4) is 0 Å². The van der Waals surface area contributed by atoms with Gasteiger partial charge in [-0.1, -0.05) is 15.9 Å². The van der Waals surface area contributed by atoms with Crippen molar-refractivity contribution < 1.29 is 13.9 Å². The van der Waals surface area contributed by atoms with Crippen LogP contribution in [0.3, 0.4) is 0 Å². The lowest BCUT2D eigenvalue weighted by Gasteiger charge is -2.16. The van der Waals surface area contributed by atoms with Gasteiger partial charge in [0.05, 0.1) is 24.4 Å². The van der Waals surface area contributed by atoms with Gasteiger partial charge in [0.2, 0.25) is 0 Å². The van der Waals surface area contributed by atoms with E-state index in [1.165, 1.54) is 6.20 Å². The number of nitrogens with one attached hydrogen (secondary N) is 1. The van der Waals surface area contributed by atoms with Gasteiger partial charge in [0, 0.05) is 18.6 Å². The number of carbonyl (C=O) groups excluding carboxylic acids is 1. The molecule has 17 heavy (non-hydrogen) atoms. The first kappa shape index (κ1) is 14.1. The van der Waals surface area contributed by atoms with Gasteiger partial charge in [-0.2, -0.15) is 0 Å². The van der Waals surface area contributed by atoms with Crippen LogP contribution >= 0.6 is 15.9 Å². The molecule has 0 bridgehead atoms. The highest BCUT2D eigenvalue weighted by molar-refractivity contribution is 9.09. The number of rotatable bonds is 6. The van der Waals surface area contributed by atoms with E-state index in [9.17, 15) is 9.18 Å². The van der Waals surface area contributed by atoms with E-state index in [0.717, 1.165) is 24.0 Å². The Hall–Kier alpha value is -1.01. The zero-order valence-electron chi connectivity index (χ0n) is 9.45. The minimum Gasteiger partial charge on any atom is -0.383 e. The van der Waals surface area contributed by atoms with Gasteiger partial charge in [-0.25, -0.2) is 4.39 Å². The van der Waals surface area contributed by atoms with Crippen LogP contribution in [0.5, 0.6) is 0 Å². The Morgan fingerprint density at radius 2 is 2.41 bits per heavy atom. The molecule has 4 nitrogen and oxygen atoms in total. The second-order valence-corrected chi connectivity index (χ2v) is 4.29. The van der Waals surface area contributed by atoms with Crippen molar-refractivity contribution in [3.63, 3.8) is 0 Å². The highest BCUT2D eigenvalue weighted by atomic mass is 79.9. The number of aromatic nitrogens is 1. The lowest BCUT2D eigenvalue weighted by Crippen LogP contribution is -2.38. The minimum atomic E-state index is -0.526. The number of amides is 1. The number of pyridine rings is 1. The van der Waals surface area contributed by atoms with Crippen LogP contribution in [-0.2, 0) is 4.74 Å². The molecule has 0 fully saturated rings. The molecular weight excluding hydrogens is 291 g/mol. The van der Waals surface area contributed by atoms with Gasteiger partial charge in [0.25, 0.3) is 5.91 Å². The van der Waals surface area contributed by atoms with E-state index in [1.807, 2.05) is 0 Å². The fourth-order valence-electron chi connectivity index (χ4n) is 1.33. The fraction of sp³-hybridized carbons (Fsp3) is 0.455. The molecule has 0 aliphatic carbocycles. The molecule has 6 heteroatoms. The van der Waals surface area contributed by atoms with Crippen molar-refractivity contribution in [3.05, 3.63) is 29.8 Å². The number of alkyl halides is 1. The van der Waals surface area contributed by atoms with Crippen LogP contribution in [0.15, 0.2) is 18.5 Å². The van der Waals surface area contributed by atoms with Gasteiger partial charge in [0.15, 0.2) is 0 Å². The summed E-state index contributed by atoms with van der Waals surface area (Å²) in [6, 6.07) is 1.05. The molecule has 0 spiro atoms. The molecule has 1 aromatic rings. The second kappa shape index (κ2) is 7.34. The SMILES string of the molecule is COCC(CCBr)NC(=O)c1cncc(F)c1. The number of halogens is 2. The van der Waals surface area contributed by atoms with Crippen LogP contribution in [-0.4, -0.2) is 36.0 Å². The average molecular weight is 305 g/mol. The number of methoxy groups -OCH3 is 1. The Kier molecular flexibility index (Phi) is 6.07. The Bertz CT molecular complexity index is 370. The summed E-state index contributed by atoms with van der Waals surface area (Å²) in [5.74, 6) is -0.874. The molecule has 1 rings (SSSR count). The summed E-state index contributed by atoms with van der Waals surface area (Å²) in [4.78, 5) is 15.4. The van der Waals surface area contributed by atoms with E-state index in [-0.39, 0.29) is 17.5 Å². The zero-order chi connectivity index (χ0) is 12.7. The fourth-order valence-corrected chi connectivity index (χ4v) is 1.89. The normalized spacial score (nSPS) is 12.2. The summed E-state index contributed by atoms with van der Waals surface area (Å²) in [7, 11) is 1.57. The third kappa shape index (κ3) is 4.79.